The number of pyridine rings is 1. The maximum Gasteiger partial charge on any atom is 0.239 e. The van der Waals surface area contributed by atoms with E-state index in [0.29, 0.717) is 24.7 Å². The molecule has 2 aromatic rings. The molecule has 1 aliphatic heterocycles. The first-order valence-electron chi connectivity index (χ1n) is 10.4. The van der Waals surface area contributed by atoms with Crippen molar-refractivity contribution in [2.75, 3.05) is 25.0 Å². The molecule has 1 atom stereocenters. The molecule has 1 aliphatic carbocycles. The lowest BCUT2D eigenvalue weighted by Gasteiger charge is -2.40. The molecular weight excluding hydrogens is 368 g/mol. The normalized spacial score (nSPS) is 23.2. The average Bonchev–Trinajstić information content (AvgIpc) is 3.40. The van der Waals surface area contributed by atoms with E-state index in [2.05, 4.69) is 15.4 Å². The minimum absolute atomic E-state index is 0.106. The minimum Gasteiger partial charge on any atom is -0.369 e. The maximum atomic E-state index is 12.7. The van der Waals surface area contributed by atoms with Gasteiger partial charge in [-0.3, -0.25) is 19.5 Å². The number of rotatable bonds is 6. The molecule has 2 amide bonds. The first kappa shape index (κ1) is 19.6. The number of primary amides is 1. The number of carbonyl (C=O) groups excluding carboxylic acids is 2. The van der Waals surface area contributed by atoms with Crippen molar-refractivity contribution in [3.05, 3.63) is 42.4 Å². The van der Waals surface area contributed by atoms with E-state index in [-0.39, 0.29) is 18.4 Å². The van der Waals surface area contributed by atoms with Crippen molar-refractivity contribution in [2.45, 2.75) is 50.0 Å². The van der Waals surface area contributed by atoms with E-state index in [0.717, 1.165) is 31.6 Å². The summed E-state index contributed by atoms with van der Waals surface area (Å²) in [5, 5.41) is 7.40. The van der Waals surface area contributed by atoms with Crippen LogP contribution in [0.4, 0.5) is 5.82 Å². The lowest BCUT2D eigenvalue weighted by atomic mass is 9.76. The Morgan fingerprint density at radius 1 is 1.17 bits per heavy atom. The highest BCUT2D eigenvalue weighted by Gasteiger charge is 2.43. The summed E-state index contributed by atoms with van der Waals surface area (Å²) in [4.78, 5) is 31.5. The van der Waals surface area contributed by atoms with Gasteiger partial charge in [0, 0.05) is 18.8 Å². The Morgan fingerprint density at radius 2 is 2.00 bits per heavy atom. The standard InChI is InChI=1S/C21H28N6O2/c22-20(29)21(17-8-3-4-11-23-17)10-5-13-26(15-21)14-19(28)25-18-9-12-24-27(18)16-6-1-2-7-16/h3-4,8-9,11-12,16H,1-2,5-7,10,13-15H2,(H2,22,29)(H,25,28). The van der Waals surface area contributed by atoms with Crippen molar-refractivity contribution >= 4 is 17.6 Å². The molecule has 4 rings (SSSR count). The molecular formula is C21H28N6O2. The maximum absolute atomic E-state index is 12.7. The molecule has 0 radical (unpaired) electrons. The molecule has 1 saturated heterocycles. The summed E-state index contributed by atoms with van der Waals surface area (Å²) in [5.74, 6) is 0.247. The van der Waals surface area contributed by atoms with Gasteiger partial charge in [0.05, 0.1) is 24.5 Å². The highest BCUT2D eigenvalue weighted by molar-refractivity contribution is 5.92. The molecule has 2 aromatic heterocycles. The second kappa shape index (κ2) is 8.32. The lowest BCUT2D eigenvalue weighted by molar-refractivity contribution is -0.127. The number of nitrogens with zero attached hydrogens (tertiary/aromatic N) is 4. The number of carbonyl (C=O) groups is 2. The SMILES string of the molecule is NC(=O)C1(c2ccccn2)CCCN(CC(=O)Nc2ccnn2C2CCCC2)C1. The average molecular weight is 396 g/mol. The number of anilines is 1. The van der Waals surface area contributed by atoms with E-state index in [1.165, 1.54) is 12.8 Å². The van der Waals surface area contributed by atoms with Gasteiger partial charge in [0.15, 0.2) is 0 Å². The second-order valence-electron chi connectivity index (χ2n) is 8.12. The van der Waals surface area contributed by atoms with Gasteiger partial charge in [-0.15, -0.1) is 0 Å². The minimum atomic E-state index is -0.856. The van der Waals surface area contributed by atoms with E-state index in [4.69, 9.17) is 5.73 Å². The Morgan fingerprint density at radius 3 is 2.72 bits per heavy atom. The van der Waals surface area contributed by atoms with Crippen LogP contribution in [0.1, 0.15) is 50.3 Å². The zero-order chi connectivity index (χ0) is 20.3. The summed E-state index contributed by atoms with van der Waals surface area (Å²) in [6.07, 6.45) is 9.44. The highest BCUT2D eigenvalue weighted by atomic mass is 16.2. The number of nitrogens with two attached hydrogens (primary N) is 1. The van der Waals surface area contributed by atoms with Gasteiger partial charge in [0.25, 0.3) is 0 Å². The summed E-state index contributed by atoms with van der Waals surface area (Å²) >= 11 is 0. The predicted octanol–water partition coefficient (Wildman–Crippen LogP) is 1.85. The van der Waals surface area contributed by atoms with Gasteiger partial charge in [0.1, 0.15) is 11.2 Å². The summed E-state index contributed by atoms with van der Waals surface area (Å²) in [5.41, 5.74) is 5.63. The number of piperidine rings is 1. The van der Waals surface area contributed by atoms with Gasteiger partial charge < -0.3 is 11.1 Å². The summed E-state index contributed by atoms with van der Waals surface area (Å²) in [7, 11) is 0. The summed E-state index contributed by atoms with van der Waals surface area (Å²) in [6.45, 7) is 1.35. The quantitative estimate of drug-likeness (QED) is 0.775. The third kappa shape index (κ3) is 4.03. The van der Waals surface area contributed by atoms with Crippen molar-refractivity contribution < 1.29 is 9.59 Å². The molecule has 0 aromatic carbocycles. The van der Waals surface area contributed by atoms with Gasteiger partial charge >= 0.3 is 0 Å². The van der Waals surface area contributed by atoms with Crippen LogP contribution in [0, 0.1) is 0 Å². The van der Waals surface area contributed by atoms with E-state index >= 15 is 0 Å². The number of nitrogens with one attached hydrogen (secondary N) is 1. The van der Waals surface area contributed by atoms with Gasteiger partial charge in [-0.2, -0.15) is 5.10 Å². The Hall–Kier alpha value is -2.74. The summed E-state index contributed by atoms with van der Waals surface area (Å²) in [6, 6.07) is 7.73. The van der Waals surface area contributed by atoms with Crippen molar-refractivity contribution in [1.82, 2.24) is 19.7 Å². The Kier molecular flexibility index (Phi) is 5.62. The molecule has 29 heavy (non-hydrogen) atoms. The zero-order valence-corrected chi connectivity index (χ0v) is 16.6. The zero-order valence-electron chi connectivity index (χ0n) is 16.6. The van der Waals surface area contributed by atoms with Crippen LogP contribution < -0.4 is 11.1 Å². The first-order valence-corrected chi connectivity index (χ1v) is 10.4. The third-order valence-electron chi connectivity index (χ3n) is 6.17. The molecule has 2 aliphatic rings. The van der Waals surface area contributed by atoms with Crippen molar-refractivity contribution in [3.8, 4) is 0 Å². The highest BCUT2D eigenvalue weighted by Crippen LogP contribution is 2.33. The third-order valence-corrected chi connectivity index (χ3v) is 6.17. The van der Waals surface area contributed by atoms with Crippen LogP contribution in [0.2, 0.25) is 0 Å². The molecule has 1 unspecified atom stereocenters. The van der Waals surface area contributed by atoms with Gasteiger partial charge in [-0.1, -0.05) is 18.9 Å². The summed E-state index contributed by atoms with van der Waals surface area (Å²) < 4.78 is 1.93. The van der Waals surface area contributed by atoms with Crippen molar-refractivity contribution in [2.24, 2.45) is 5.73 Å². The van der Waals surface area contributed by atoms with E-state index in [1.54, 1.807) is 12.4 Å². The molecule has 8 heteroatoms. The Bertz CT molecular complexity index is 861. The number of hydrogen-bond acceptors (Lipinski definition) is 5. The number of likely N-dealkylation sites (tertiary alicyclic amines) is 1. The fourth-order valence-electron chi connectivity index (χ4n) is 4.70. The molecule has 1 saturated carbocycles. The molecule has 3 heterocycles. The predicted molar refractivity (Wildman–Crippen MR) is 109 cm³/mol. The fraction of sp³-hybridized carbons (Fsp3) is 0.524. The molecule has 154 valence electrons. The number of hydrogen-bond donors (Lipinski definition) is 2. The van der Waals surface area contributed by atoms with Crippen LogP contribution in [0.15, 0.2) is 36.7 Å². The van der Waals surface area contributed by atoms with Crippen LogP contribution in [0.3, 0.4) is 0 Å². The molecule has 2 fully saturated rings. The monoisotopic (exact) mass is 396 g/mol. The van der Waals surface area contributed by atoms with Gasteiger partial charge in [-0.05, 0) is 44.4 Å². The number of aromatic nitrogens is 3. The van der Waals surface area contributed by atoms with Crippen molar-refractivity contribution in [1.29, 1.82) is 0 Å². The molecule has 0 spiro atoms. The fourth-order valence-corrected chi connectivity index (χ4v) is 4.70. The van der Waals surface area contributed by atoms with E-state index in [9.17, 15) is 9.59 Å². The van der Waals surface area contributed by atoms with Crippen molar-refractivity contribution in [3.63, 3.8) is 0 Å². The van der Waals surface area contributed by atoms with Crippen LogP contribution in [-0.2, 0) is 15.0 Å². The smallest absolute Gasteiger partial charge is 0.239 e. The topological polar surface area (TPSA) is 106 Å². The van der Waals surface area contributed by atoms with Crippen LogP contribution in [0.25, 0.3) is 0 Å². The van der Waals surface area contributed by atoms with E-state index < -0.39 is 5.41 Å². The molecule has 0 bridgehead atoms. The van der Waals surface area contributed by atoms with Crippen LogP contribution in [-0.4, -0.2) is 51.1 Å². The van der Waals surface area contributed by atoms with Gasteiger partial charge in [-0.25, -0.2) is 4.68 Å². The number of amides is 2. The molecule has 3 N–H and O–H groups in total. The molecule has 8 nitrogen and oxygen atoms in total. The first-order chi connectivity index (χ1) is 14.1. The van der Waals surface area contributed by atoms with E-state index in [1.807, 2.05) is 33.8 Å². The lowest BCUT2D eigenvalue weighted by Crippen LogP contribution is -2.55. The van der Waals surface area contributed by atoms with Gasteiger partial charge in [0.2, 0.25) is 11.8 Å². The second-order valence-corrected chi connectivity index (χ2v) is 8.12. The Labute approximate surface area is 170 Å². The largest absolute Gasteiger partial charge is 0.369 e. The Balaban J connectivity index is 1.44. The van der Waals surface area contributed by atoms with Crippen LogP contribution >= 0.6 is 0 Å². The van der Waals surface area contributed by atoms with Crippen LogP contribution in [0.5, 0.6) is 0 Å².